The van der Waals surface area contributed by atoms with Gasteiger partial charge in [0.1, 0.15) is 0 Å². The lowest BCUT2D eigenvalue weighted by Gasteiger charge is -2.42. The molecule has 0 spiro atoms. The van der Waals surface area contributed by atoms with E-state index in [4.69, 9.17) is 15.0 Å². The van der Waals surface area contributed by atoms with E-state index in [-0.39, 0.29) is 0 Å². The Morgan fingerprint density at radius 1 is 0.230 bits per heavy atom. The Balaban J connectivity index is 1.12. The highest BCUT2D eigenvalue weighted by atomic mass is 32.3. The summed E-state index contributed by atoms with van der Waals surface area (Å²) in [6, 6.07) is 84.9. The number of rotatable bonds is 8. The molecule has 11 rings (SSSR count). The SMILES string of the molecule is c1ccc(-c2nc(-c3ccccc3)nc(-c3cccc4c5cccc(-c6ccc(S(c7ccccc7)(c7ccccc7)c7ccccc7)cc6)c5c5ccccc5c34)n2)cc1. The molecule has 0 unspecified atom stereocenters. The summed E-state index contributed by atoms with van der Waals surface area (Å²) in [4.78, 5) is 20.6. The van der Waals surface area contributed by atoms with Gasteiger partial charge in [0.25, 0.3) is 0 Å². The predicted molar refractivity (Wildman–Crippen MR) is 254 cm³/mol. The molecule has 1 aromatic heterocycles. The van der Waals surface area contributed by atoms with Crippen LogP contribution in [0.25, 0.3) is 77.6 Å². The van der Waals surface area contributed by atoms with Crippen LogP contribution in [-0.2, 0) is 0 Å². The highest BCUT2D eigenvalue weighted by molar-refractivity contribution is 8.34. The molecule has 0 saturated heterocycles. The molecule has 0 aliphatic rings. The molecule has 61 heavy (non-hydrogen) atoms. The zero-order valence-electron chi connectivity index (χ0n) is 33.3. The summed E-state index contributed by atoms with van der Waals surface area (Å²) in [7, 11) is -1.81. The normalized spacial score (nSPS) is 11.9. The minimum Gasteiger partial charge on any atom is -0.208 e. The molecule has 0 atom stereocenters. The van der Waals surface area contributed by atoms with E-state index in [1.165, 1.54) is 46.9 Å². The zero-order valence-corrected chi connectivity index (χ0v) is 34.1. The number of nitrogens with zero attached hydrogens (tertiary/aromatic N) is 3. The number of aromatic nitrogens is 3. The van der Waals surface area contributed by atoms with Crippen LogP contribution in [-0.4, -0.2) is 15.0 Å². The minimum absolute atomic E-state index is 0.648. The van der Waals surface area contributed by atoms with E-state index in [1.807, 2.05) is 36.4 Å². The van der Waals surface area contributed by atoms with Gasteiger partial charge in [0.2, 0.25) is 0 Å². The van der Waals surface area contributed by atoms with Crippen molar-refractivity contribution in [3.63, 3.8) is 0 Å². The molecule has 4 heteroatoms. The highest BCUT2D eigenvalue weighted by Gasteiger charge is 2.33. The van der Waals surface area contributed by atoms with Crippen LogP contribution >= 0.6 is 10.0 Å². The van der Waals surface area contributed by atoms with Crippen LogP contribution in [0.1, 0.15) is 0 Å². The fourth-order valence-corrected chi connectivity index (χ4v) is 12.8. The van der Waals surface area contributed by atoms with Crippen molar-refractivity contribution in [2.75, 3.05) is 0 Å². The summed E-state index contributed by atoms with van der Waals surface area (Å²) in [6.07, 6.45) is 0. The van der Waals surface area contributed by atoms with Gasteiger partial charge < -0.3 is 0 Å². The van der Waals surface area contributed by atoms with Crippen molar-refractivity contribution in [1.29, 1.82) is 0 Å². The molecule has 0 bridgehead atoms. The number of hydrogen-bond donors (Lipinski definition) is 0. The lowest BCUT2D eigenvalue weighted by Crippen LogP contribution is -2.05. The van der Waals surface area contributed by atoms with E-state index in [2.05, 4.69) is 200 Å². The van der Waals surface area contributed by atoms with Gasteiger partial charge in [-0.05, 0) is 86.6 Å². The Morgan fingerprint density at radius 2 is 0.557 bits per heavy atom. The first-order valence-corrected chi connectivity index (χ1v) is 22.2. The second kappa shape index (κ2) is 15.5. The van der Waals surface area contributed by atoms with Crippen molar-refractivity contribution in [3.8, 4) is 45.3 Å². The molecule has 1 heterocycles. The van der Waals surface area contributed by atoms with Gasteiger partial charge in [-0.1, -0.05) is 188 Å². The van der Waals surface area contributed by atoms with E-state index in [0.29, 0.717) is 17.5 Å². The minimum atomic E-state index is -1.81. The lowest BCUT2D eigenvalue weighted by atomic mass is 9.88. The maximum absolute atomic E-state index is 5.17. The fourth-order valence-electron chi connectivity index (χ4n) is 8.94. The molecule has 0 aliphatic heterocycles. The number of fused-ring (bicyclic) bond motifs is 6. The summed E-state index contributed by atoms with van der Waals surface area (Å²) in [5, 5.41) is 7.06. The molecule has 0 N–H and O–H groups in total. The maximum atomic E-state index is 5.17. The Morgan fingerprint density at radius 3 is 1.00 bits per heavy atom. The molecule has 10 aromatic carbocycles. The second-order valence-corrected chi connectivity index (χ2v) is 18.2. The second-order valence-electron chi connectivity index (χ2n) is 15.1. The van der Waals surface area contributed by atoms with Gasteiger partial charge in [0, 0.05) is 41.7 Å². The fraction of sp³-hybridized carbons (Fsp3) is 0. The molecular weight excluding hydrogens is 759 g/mol. The molecule has 0 amide bonds. The van der Waals surface area contributed by atoms with E-state index in [0.717, 1.165) is 32.8 Å². The van der Waals surface area contributed by atoms with Gasteiger partial charge in [-0.25, -0.2) is 15.0 Å². The molecule has 3 nitrogen and oxygen atoms in total. The third-order valence-electron chi connectivity index (χ3n) is 11.6. The van der Waals surface area contributed by atoms with Crippen molar-refractivity contribution in [2.45, 2.75) is 19.6 Å². The van der Waals surface area contributed by atoms with Crippen molar-refractivity contribution in [1.82, 2.24) is 15.0 Å². The van der Waals surface area contributed by atoms with E-state index in [1.54, 1.807) is 0 Å². The third-order valence-corrected chi connectivity index (χ3v) is 15.6. The van der Waals surface area contributed by atoms with Gasteiger partial charge >= 0.3 is 0 Å². The monoisotopic (exact) mass is 797 g/mol. The van der Waals surface area contributed by atoms with Gasteiger partial charge in [0.05, 0.1) is 0 Å². The Hall–Kier alpha value is -7.66. The van der Waals surface area contributed by atoms with Crippen molar-refractivity contribution >= 4 is 42.3 Å². The summed E-state index contributed by atoms with van der Waals surface area (Å²) < 4.78 is 0. The van der Waals surface area contributed by atoms with Crippen LogP contribution in [0.2, 0.25) is 0 Å². The highest BCUT2D eigenvalue weighted by Crippen LogP contribution is 2.73. The summed E-state index contributed by atoms with van der Waals surface area (Å²) >= 11 is 0. The smallest absolute Gasteiger partial charge is 0.164 e. The van der Waals surface area contributed by atoms with Crippen molar-refractivity contribution in [2.24, 2.45) is 0 Å². The number of benzene rings is 10. The molecule has 0 radical (unpaired) electrons. The Kier molecular flexibility index (Phi) is 9.26. The van der Waals surface area contributed by atoms with Crippen LogP contribution in [0.3, 0.4) is 0 Å². The topological polar surface area (TPSA) is 38.7 Å². The summed E-state index contributed by atoms with van der Waals surface area (Å²) in [6.45, 7) is 0. The van der Waals surface area contributed by atoms with Crippen LogP contribution in [0.5, 0.6) is 0 Å². The molecule has 288 valence electrons. The third kappa shape index (κ3) is 6.28. The van der Waals surface area contributed by atoms with Gasteiger partial charge in [-0.2, -0.15) is 0 Å². The largest absolute Gasteiger partial charge is 0.208 e. The van der Waals surface area contributed by atoms with Crippen LogP contribution in [0.4, 0.5) is 0 Å². The van der Waals surface area contributed by atoms with Crippen LogP contribution < -0.4 is 0 Å². The standard InChI is InChI=1S/C57H39N3S/c1-6-20-41(21-7-1)55-58-56(42-22-8-2-9-23-42)60-57(59-55)52-35-19-34-51-50-33-18-32-47(53(50)48-30-16-17-31-49(48)54(51)52)40-36-38-46(39-37-40)61(43-24-10-3-11-25-43,44-26-12-4-13-27-44)45-28-14-5-15-29-45/h1-39H. The number of hydrogen-bond acceptors (Lipinski definition) is 3. The first-order chi connectivity index (χ1) is 30.3. The molecular formula is C57H39N3S. The average molecular weight is 798 g/mol. The van der Waals surface area contributed by atoms with Crippen LogP contribution in [0.15, 0.2) is 256 Å². The van der Waals surface area contributed by atoms with Gasteiger partial charge in [-0.15, -0.1) is 10.0 Å². The average Bonchev–Trinajstić information content (AvgIpc) is 3.35. The zero-order chi connectivity index (χ0) is 40.6. The first kappa shape index (κ1) is 36.4. The summed E-state index contributed by atoms with van der Waals surface area (Å²) in [5.74, 6) is 1.95. The first-order valence-electron chi connectivity index (χ1n) is 20.6. The Labute approximate surface area is 357 Å². The quantitative estimate of drug-likeness (QED) is 0.144. The van der Waals surface area contributed by atoms with Gasteiger partial charge in [0.15, 0.2) is 17.5 Å². The Bertz CT molecular complexity index is 3130. The molecule has 0 saturated carbocycles. The van der Waals surface area contributed by atoms with E-state index in [9.17, 15) is 0 Å². The lowest BCUT2D eigenvalue weighted by molar-refractivity contribution is 1.08. The van der Waals surface area contributed by atoms with E-state index < -0.39 is 10.0 Å². The maximum Gasteiger partial charge on any atom is 0.164 e. The van der Waals surface area contributed by atoms with Gasteiger partial charge in [-0.3, -0.25) is 0 Å². The van der Waals surface area contributed by atoms with Crippen molar-refractivity contribution in [3.05, 3.63) is 237 Å². The van der Waals surface area contributed by atoms with E-state index >= 15 is 0 Å². The molecule has 0 fully saturated rings. The predicted octanol–water partition coefficient (Wildman–Crippen LogP) is 15.3. The molecule has 11 aromatic rings. The molecule has 0 aliphatic carbocycles. The van der Waals surface area contributed by atoms with Crippen molar-refractivity contribution < 1.29 is 0 Å². The summed E-state index contributed by atoms with van der Waals surface area (Å²) in [5.41, 5.74) is 5.25. The van der Waals surface area contributed by atoms with Crippen LogP contribution in [0, 0.1) is 0 Å².